The average molecular weight is 449 g/mol. The number of ether oxygens (including phenoxy) is 1. The van der Waals surface area contributed by atoms with Crippen LogP contribution in [0, 0.1) is 5.82 Å². The summed E-state index contributed by atoms with van der Waals surface area (Å²) in [5.41, 5.74) is 1.95. The molecule has 0 bridgehead atoms. The highest BCUT2D eigenvalue weighted by molar-refractivity contribution is 7.89. The van der Waals surface area contributed by atoms with Crippen molar-refractivity contribution in [2.24, 2.45) is 5.14 Å². The lowest BCUT2D eigenvalue weighted by atomic mass is 10.2. The van der Waals surface area contributed by atoms with E-state index in [1.54, 1.807) is 19.2 Å². The van der Waals surface area contributed by atoms with Crippen molar-refractivity contribution in [2.75, 3.05) is 14.2 Å². The molecular weight excluding hydrogens is 423 g/mol. The molecule has 0 radical (unpaired) electrons. The zero-order valence-electron chi connectivity index (χ0n) is 17.6. The van der Waals surface area contributed by atoms with Crippen LogP contribution in [0.1, 0.15) is 24.7 Å². The molecule has 0 saturated carbocycles. The maximum absolute atomic E-state index is 13.9. The number of nitrogens with zero attached hydrogens (tertiary/aromatic N) is 3. The van der Waals surface area contributed by atoms with E-state index >= 15 is 0 Å². The molecule has 1 aromatic heterocycles. The number of rotatable bonds is 8. The first-order chi connectivity index (χ1) is 14.6. The smallest absolute Gasteiger partial charge is 0.238 e. The number of methoxy groups -OCH3 is 1. The van der Waals surface area contributed by atoms with Gasteiger partial charge in [-0.1, -0.05) is 6.07 Å². The van der Waals surface area contributed by atoms with Gasteiger partial charge < -0.3 is 14.2 Å². The minimum Gasteiger partial charge on any atom is -0.494 e. The lowest BCUT2D eigenvalue weighted by molar-refractivity contribution is -0.130. The molecule has 0 spiro atoms. The van der Waals surface area contributed by atoms with Crippen LogP contribution in [0.5, 0.6) is 5.75 Å². The quantitative estimate of drug-likeness (QED) is 0.570. The number of hydrogen-bond acceptors (Lipinski definition) is 5. The summed E-state index contributed by atoms with van der Waals surface area (Å²) in [6, 6.07) is 9.14. The molecule has 8 nitrogen and oxygen atoms in total. The number of aryl methyl sites for hydroxylation is 2. The Morgan fingerprint density at radius 3 is 2.61 bits per heavy atom. The van der Waals surface area contributed by atoms with Crippen molar-refractivity contribution >= 4 is 27.0 Å². The number of amides is 1. The van der Waals surface area contributed by atoms with Crippen molar-refractivity contribution in [3.63, 3.8) is 0 Å². The summed E-state index contributed by atoms with van der Waals surface area (Å²) < 4.78 is 43.9. The molecule has 0 atom stereocenters. The van der Waals surface area contributed by atoms with Crippen molar-refractivity contribution in [1.82, 2.24) is 14.5 Å². The lowest BCUT2D eigenvalue weighted by Gasteiger charge is -2.18. The molecule has 0 aliphatic carbocycles. The second-order valence-corrected chi connectivity index (χ2v) is 8.75. The third kappa shape index (κ3) is 5.02. The van der Waals surface area contributed by atoms with Crippen molar-refractivity contribution in [1.29, 1.82) is 0 Å². The van der Waals surface area contributed by atoms with Gasteiger partial charge in [-0.2, -0.15) is 0 Å². The third-order valence-electron chi connectivity index (χ3n) is 5.07. The number of aromatic nitrogens is 2. The summed E-state index contributed by atoms with van der Waals surface area (Å²) in [5.74, 6) is 0.246. The predicted octanol–water partition coefficient (Wildman–Crippen LogP) is 2.44. The number of carbonyl (C=O) groups is 1. The van der Waals surface area contributed by atoms with Gasteiger partial charge >= 0.3 is 0 Å². The Kier molecular flexibility index (Phi) is 6.61. The lowest BCUT2D eigenvalue weighted by Crippen LogP contribution is -2.26. The number of nitrogens with two attached hydrogens (primary N) is 1. The molecule has 0 aliphatic rings. The summed E-state index contributed by atoms with van der Waals surface area (Å²) in [7, 11) is -0.769. The van der Waals surface area contributed by atoms with E-state index in [-0.39, 0.29) is 29.5 Å². The minimum absolute atomic E-state index is 0.00478. The highest BCUT2D eigenvalue weighted by Gasteiger charge is 2.17. The van der Waals surface area contributed by atoms with Crippen LogP contribution in [0.2, 0.25) is 0 Å². The number of benzene rings is 2. The van der Waals surface area contributed by atoms with E-state index in [0.717, 1.165) is 5.52 Å². The zero-order valence-corrected chi connectivity index (χ0v) is 18.4. The molecule has 2 aromatic carbocycles. The second kappa shape index (κ2) is 9.03. The standard InChI is InChI=1S/C21H25FN4O4S/c1-4-26-18-7-6-15(31(23,28)29)12-17(18)24-20(26)9-10-21(27)25(2)13-14-5-8-19(30-3)16(22)11-14/h5-8,11-12H,4,9-10,13H2,1-3H3,(H2,23,28,29). The van der Waals surface area contributed by atoms with Crippen LogP contribution in [-0.2, 0) is 34.3 Å². The van der Waals surface area contributed by atoms with E-state index in [1.165, 1.54) is 36.3 Å². The van der Waals surface area contributed by atoms with E-state index in [4.69, 9.17) is 9.88 Å². The normalized spacial score (nSPS) is 11.6. The molecule has 3 rings (SSSR count). The van der Waals surface area contributed by atoms with Gasteiger partial charge in [-0.15, -0.1) is 0 Å². The molecule has 0 unspecified atom stereocenters. The van der Waals surface area contributed by atoms with E-state index in [1.807, 2.05) is 11.5 Å². The van der Waals surface area contributed by atoms with Crippen LogP contribution in [0.3, 0.4) is 0 Å². The molecule has 1 heterocycles. The molecule has 2 N–H and O–H groups in total. The number of primary sulfonamides is 1. The Morgan fingerprint density at radius 1 is 1.26 bits per heavy atom. The van der Waals surface area contributed by atoms with Gasteiger partial charge in [-0.3, -0.25) is 4.79 Å². The Labute approximate surface area is 180 Å². The Bertz CT molecular complexity index is 1220. The summed E-state index contributed by atoms with van der Waals surface area (Å²) in [4.78, 5) is 18.6. The van der Waals surface area contributed by atoms with E-state index < -0.39 is 15.8 Å². The Morgan fingerprint density at radius 2 is 2.00 bits per heavy atom. The first-order valence-corrected chi connectivity index (χ1v) is 11.3. The van der Waals surface area contributed by atoms with Gasteiger partial charge in [0.1, 0.15) is 5.82 Å². The molecule has 10 heteroatoms. The maximum Gasteiger partial charge on any atom is 0.238 e. The first-order valence-electron chi connectivity index (χ1n) is 9.72. The number of imidazole rings is 1. The van der Waals surface area contributed by atoms with Crippen LogP contribution >= 0.6 is 0 Å². The number of carbonyl (C=O) groups excluding carboxylic acids is 1. The van der Waals surface area contributed by atoms with Crippen molar-refractivity contribution in [3.05, 3.63) is 53.6 Å². The fourth-order valence-electron chi connectivity index (χ4n) is 3.46. The van der Waals surface area contributed by atoms with Gasteiger partial charge in [0, 0.05) is 33.0 Å². The molecule has 0 aliphatic heterocycles. The summed E-state index contributed by atoms with van der Waals surface area (Å²) in [6.07, 6.45) is 0.591. The molecule has 0 fully saturated rings. The topological polar surface area (TPSA) is 108 Å². The Balaban J connectivity index is 1.72. The van der Waals surface area contributed by atoms with Crippen molar-refractivity contribution in [2.45, 2.75) is 37.8 Å². The van der Waals surface area contributed by atoms with Crippen LogP contribution in [0.4, 0.5) is 4.39 Å². The Hall–Kier alpha value is -2.98. The van der Waals surface area contributed by atoms with Gasteiger partial charge in [0.05, 0.1) is 23.0 Å². The largest absolute Gasteiger partial charge is 0.494 e. The zero-order chi connectivity index (χ0) is 22.8. The van der Waals surface area contributed by atoms with Crippen LogP contribution in [0.25, 0.3) is 11.0 Å². The van der Waals surface area contributed by atoms with Gasteiger partial charge in [0.25, 0.3) is 0 Å². The first kappa shape index (κ1) is 22.7. The number of halogens is 1. The van der Waals surface area contributed by atoms with Gasteiger partial charge in [0.15, 0.2) is 11.6 Å². The summed E-state index contributed by atoms with van der Waals surface area (Å²) in [6.45, 7) is 2.84. The molecule has 166 valence electrons. The number of fused-ring (bicyclic) bond motifs is 1. The highest BCUT2D eigenvalue weighted by Crippen LogP contribution is 2.22. The van der Waals surface area contributed by atoms with Crippen molar-refractivity contribution in [3.8, 4) is 5.75 Å². The minimum atomic E-state index is -3.82. The number of hydrogen-bond donors (Lipinski definition) is 1. The maximum atomic E-state index is 13.9. The highest BCUT2D eigenvalue weighted by atomic mass is 32.2. The molecular formula is C21H25FN4O4S. The van der Waals surface area contributed by atoms with E-state index in [2.05, 4.69) is 4.98 Å². The van der Waals surface area contributed by atoms with Crippen molar-refractivity contribution < 1.29 is 22.3 Å². The average Bonchev–Trinajstić information content (AvgIpc) is 3.08. The fraction of sp³-hybridized carbons (Fsp3) is 0.333. The molecule has 0 saturated heterocycles. The molecule has 1 amide bonds. The van der Waals surface area contributed by atoms with Crippen LogP contribution in [0.15, 0.2) is 41.3 Å². The van der Waals surface area contributed by atoms with E-state index in [9.17, 15) is 17.6 Å². The second-order valence-electron chi connectivity index (χ2n) is 7.19. The van der Waals surface area contributed by atoms with Crippen LogP contribution < -0.4 is 9.88 Å². The fourth-order valence-corrected chi connectivity index (χ4v) is 3.99. The van der Waals surface area contributed by atoms with Gasteiger partial charge in [-0.05, 0) is 42.8 Å². The van der Waals surface area contributed by atoms with E-state index in [0.29, 0.717) is 29.9 Å². The number of sulfonamides is 1. The predicted molar refractivity (Wildman–Crippen MR) is 115 cm³/mol. The molecule has 31 heavy (non-hydrogen) atoms. The van der Waals surface area contributed by atoms with Gasteiger partial charge in [-0.25, -0.2) is 22.9 Å². The molecule has 3 aromatic rings. The van der Waals surface area contributed by atoms with Gasteiger partial charge in [0.2, 0.25) is 15.9 Å². The monoisotopic (exact) mass is 448 g/mol. The SMILES string of the molecule is CCn1c(CCC(=O)N(C)Cc2ccc(OC)c(F)c2)nc2cc(S(N)(=O)=O)ccc21. The summed E-state index contributed by atoms with van der Waals surface area (Å²) in [5, 5.41) is 5.20. The summed E-state index contributed by atoms with van der Waals surface area (Å²) >= 11 is 0. The van der Waals surface area contributed by atoms with Crippen LogP contribution in [-0.4, -0.2) is 42.9 Å². The third-order valence-corrected chi connectivity index (χ3v) is 5.98.